The molecule has 0 saturated heterocycles. The first-order valence-electron chi connectivity index (χ1n) is 5.43. The fraction of sp³-hybridized carbons (Fsp3) is 0.500. The summed E-state index contributed by atoms with van der Waals surface area (Å²) in [5.41, 5.74) is 1.08. The Morgan fingerprint density at radius 2 is 1.87 bits per heavy atom. The van der Waals surface area contributed by atoms with E-state index in [0.717, 1.165) is 41.0 Å². The zero-order valence-corrected chi connectivity index (χ0v) is 10.1. The summed E-state index contributed by atoms with van der Waals surface area (Å²) in [6.45, 7) is 1.06. The lowest BCUT2D eigenvalue weighted by molar-refractivity contribution is 0.645. The Balaban J connectivity index is 1.80. The predicted octanol–water partition coefficient (Wildman–Crippen LogP) is 3.68. The minimum atomic E-state index is 0.784. The molecule has 0 spiro atoms. The third-order valence-corrected chi connectivity index (χ3v) is 3.38. The molecule has 1 fully saturated rings. The van der Waals surface area contributed by atoms with Gasteiger partial charge in [0.05, 0.1) is 0 Å². The predicted molar refractivity (Wildman–Crippen MR) is 65.8 cm³/mol. The Labute approximate surface area is 101 Å². The van der Waals surface area contributed by atoms with Crippen LogP contribution in [0.3, 0.4) is 0 Å². The maximum absolute atomic E-state index is 6.08. The van der Waals surface area contributed by atoms with Crippen molar-refractivity contribution >= 4 is 23.2 Å². The highest BCUT2D eigenvalue weighted by Crippen LogP contribution is 2.25. The molecule has 1 N–H and O–H groups in total. The van der Waals surface area contributed by atoms with Gasteiger partial charge >= 0.3 is 0 Å². The third kappa shape index (κ3) is 3.37. The van der Waals surface area contributed by atoms with Crippen molar-refractivity contribution in [2.45, 2.75) is 31.7 Å². The Morgan fingerprint density at radius 3 is 2.47 bits per heavy atom. The maximum Gasteiger partial charge on any atom is 0.0452 e. The van der Waals surface area contributed by atoms with Crippen LogP contribution in [0.2, 0.25) is 10.0 Å². The molecular formula is C12H15Cl2N. The molecule has 3 heteroatoms. The Bertz CT molecular complexity index is 314. The molecule has 0 aliphatic heterocycles. The lowest BCUT2D eigenvalue weighted by Crippen LogP contribution is -2.17. The first-order chi connectivity index (χ1) is 7.27. The van der Waals surface area contributed by atoms with E-state index in [1.165, 1.54) is 12.8 Å². The third-order valence-electron chi connectivity index (χ3n) is 2.68. The van der Waals surface area contributed by atoms with Gasteiger partial charge < -0.3 is 5.32 Å². The highest BCUT2D eigenvalue weighted by atomic mass is 35.5. The van der Waals surface area contributed by atoms with Gasteiger partial charge in [-0.3, -0.25) is 0 Å². The van der Waals surface area contributed by atoms with E-state index < -0.39 is 0 Å². The number of hydrogen-bond acceptors (Lipinski definition) is 1. The lowest BCUT2D eigenvalue weighted by Gasteiger charge is -2.07. The molecule has 1 aromatic rings. The molecule has 0 bridgehead atoms. The van der Waals surface area contributed by atoms with Crippen molar-refractivity contribution in [2.75, 3.05) is 6.54 Å². The normalized spacial score (nSPS) is 15.6. The second-order valence-electron chi connectivity index (χ2n) is 4.03. The summed E-state index contributed by atoms with van der Waals surface area (Å²) in [7, 11) is 0. The van der Waals surface area contributed by atoms with E-state index in [-0.39, 0.29) is 0 Å². The summed E-state index contributed by atoms with van der Waals surface area (Å²) in [6.07, 6.45) is 4.73. The van der Waals surface area contributed by atoms with Crippen molar-refractivity contribution in [2.24, 2.45) is 0 Å². The topological polar surface area (TPSA) is 12.0 Å². The van der Waals surface area contributed by atoms with E-state index in [1.54, 1.807) is 0 Å². The highest BCUT2D eigenvalue weighted by Gasteiger charge is 2.19. The minimum absolute atomic E-state index is 0.784. The summed E-state index contributed by atoms with van der Waals surface area (Å²) in [5.74, 6) is 0. The van der Waals surface area contributed by atoms with Crippen LogP contribution in [0.1, 0.15) is 24.8 Å². The van der Waals surface area contributed by atoms with Crippen molar-refractivity contribution in [3.8, 4) is 0 Å². The number of nitrogens with one attached hydrogen (secondary N) is 1. The van der Waals surface area contributed by atoms with Crippen LogP contribution in [0.4, 0.5) is 0 Å². The van der Waals surface area contributed by atoms with Gasteiger partial charge in [0.25, 0.3) is 0 Å². The van der Waals surface area contributed by atoms with Gasteiger partial charge in [0, 0.05) is 16.1 Å². The van der Waals surface area contributed by atoms with Crippen LogP contribution < -0.4 is 5.32 Å². The lowest BCUT2D eigenvalue weighted by atomic mass is 10.1. The van der Waals surface area contributed by atoms with Gasteiger partial charge in [-0.2, -0.15) is 0 Å². The summed E-state index contributed by atoms with van der Waals surface area (Å²) in [4.78, 5) is 0. The summed E-state index contributed by atoms with van der Waals surface area (Å²) in [5, 5.41) is 5.05. The van der Waals surface area contributed by atoms with Crippen molar-refractivity contribution in [3.05, 3.63) is 33.8 Å². The van der Waals surface area contributed by atoms with Gasteiger partial charge in [0.2, 0.25) is 0 Å². The highest BCUT2D eigenvalue weighted by molar-refractivity contribution is 6.35. The molecule has 1 aromatic carbocycles. The van der Waals surface area contributed by atoms with Crippen molar-refractivity contribution in [1.29, 1.82) is 0 Å². The zero-order chi connectivity index (χ0) is 10.7. The van der Waals surface area contributed by atoms with Crippen LogP contribution in [0.15, 0.2) is 18.2 Å². The molecule has 0 radical (unpaired) electrons. The average molecular weight is 244 g/mol. The summed E-state index contributed by atoms with van der Waals surface area (Å²) in [6, 6.07) is 6.47. The number of halogens is 2. The molecule has 0 amide bonds. The standard InChI is InChI=1S/C12H15Cl2N/c13-11-4-1-5-12(14)10(11)3-2-8-15-9-6-7-9/h1,4-5,9,15H,2-3,6-8H2. The van der Waals surface area contributed by atoms with E-state index >= 15 is 0 Å². The zero-order valence-electron chi connectivity index (χ0n) is 8.60. The smallest absolute Gasteiger partial charge is 0.0452 e. The van der Waals surface area contributed by atoms with Crippen LogP contribution in [0.25, 0.3) is 0 Å². The van der Waals surface area contributed by atoms with Crippen LogP contribution in [0, 0.1) is 0 Å². The van der Waals surface area contributed by atoms with Crippen LogP contribution in [-0.4, -0.2) is 12.6 Å². The van der Waals surface area contributed by atoms with Crippen LogP contribution in [-0.2, 0) is 6.42 Å². The van der Waals surface area contributed by atoms with Gasteiger partial charge in [-0.25, -0.2) is 0 Å². The first kappa shape index (κ1) is 11.3. The SMILES string of the molecule is Clc1cccc(Cl)c1CCCNC1CC1. The fourth-order valence-electron chi connectivity index (χ4n) is 1.63. The second-order valence-corrected chi connectivity index (χ2v) is 4.85. The van der Waals surface area contributed by atoms with Crippen LogP contribution >= 0.6 is 23.2 Å². The molecule has 15 heavy (non-hydrogen) atoms. The van der Waals surface area contributed by atoms with Gasteiger partial charge in [0.1, 0.15) is 0 Å². The maximum atomic E-state index is 6.08. The first-order valence-corrected chi connectivity index (χ1v) is 6.19. The van der Waals surface area contributed by atoms with Gasteiger partial charge in [0.15, 0.2) is 0 Å². The van der Waals surface area contributed by atoms with E-state index in [0.29, 0.717) is 0 Å². The van der Waals surface area contributed by atoms with E-state index in [9.17, 15) is 0 Å². The van der Waals surface area contributed by atoms with E-state index in [2.05, 4.69) is 5.32 Å². The molecule has 1 nitrogen and oxygen atoms in total. The molecular weight excluding hydrogens is 229 g/mol. The van der Waals surface area contributed by atoms with Crippen molar-refractivity contribution < 1.29 is 0 Å². The number of benzene rings is 1. The van der Waals surface area contributed by atoms with Crippen LogP contribution in [0.5, 0.6) is 0 Å². The molecule has 1 saturated carbocycles. The van der Waals surface area contributed by atoms with Gasteiger partial charge in [-0.15, -0.1) is 0 Å². The number of rotatable bonds is 5. The van der Waals surface area contributed by atoms with E-state index in [1.807, 2.05) is 18.2 Å². The summed E-state index contributed by atoms with van der Waals surface area (Å²) < 4.78 is 0. The summed E-state index contributed by atoms with van der Waals surface area (Å²) >= 11 is 12.2. The molecule has 82 valence electrons. The second kappa shape index (κ2) is 5.20. The quantitative estimate of drug-likeness (QED) is 0.779. The Morgan fingerprint density at radius 1 is 1.20 bits per heavy atom. The Kier molecular flexibility index (Phi) is 3.90. The molecule has 1 aliphatic rings. The van der Waals surface area contributed by atoms with Gasteiger partial charge in [-0.1, -0.05) is 29.3 Å². The molecule has 0 unspecified atom stereocenters. The largest absolute Gasteiger partial charge is 0.314 e. The van der Waals surface area contributed by atoms with Gasteiger partial charge in [-0.05, 0) is 49.9 Å². The molecule has 0 aromatic heterocycles. The minimum Gasteiger partial charge on any atom is -0.314 e. The molecule has 0 heterocycles. The molecule has 1 aliphatic carbocycles. The average Bonchev–Trinajstić information content (AvgIpc) is 3.00. The van der Waals surface area contributed by atoms with Crippen molar-refractivity contribution in [1.82, 2.24) is 5.32 Å². The number of hydrogen-bond donors (Lipinski definition) is 1. The monoisotopic (exact) mass is 243 g/mol. The van der Waals surface area contributed by atoms with Crippen molar-refractivity contribution in [3.63, 3.8) is 0 Å². The fourth-order valence-corrected chi connectivity index (χ4v) is 2.22. The van der Waals surface area contributed by atoms with E-state index in [4.69, 9.17) is 23.2 Å². The Hall–Kier alpha value is -0.240. The molecule has 2 rings (SSSR count). The molecule has 0 atom stereocenters.